The van der Waals surface area contributed by atoms with Crippen LogP contribution >= 0.6 is 0 Å². The summed E-state index contributed by atoms with van der Waals surface area (Å²) in [5.74, 6) is -0.158. The number of carbonyl (C=O) groups is 1. The summed E-state index contributed by atoms with van der Waals surface area (Å²) >= 11 is 0. The summed E-state index contributed by atoms with van der Waals surface area (Å²) in [6.07, 6.45) is 1.69. The average molecular weight is 331 g/mol. The minimum Gasteiger partial charge on any atom is -0.423 e. The molecule has 0 saturated heterocycles. The van der Waals surface area contributed by atoms with Crippen molar-refractivity contribution in [3.63, 3.8) is 0 Å². The Hall–Kier alpha value is -2.60. The van der Waals surface area contributed by atoms with Gasteiger partial charge in [0.05, 0.1) is 11.3 Å². The molecule has 0 aliphatic carbocycles. The zero-order chi connectivity index (χ0) is 16.9. The van der Waals surface area contributed by atoms with Crippen molar-refractivity contribution in [2.75, 3.05) is 10.5 Å². The lowest BCUT2D eigenvalue weighted by Gasteiger charge is -2.08. The molecule has 0 fully saturated rings. The van der Waals surface area contributed by atoms with Crippen LogP contribution in [0.5, 0.6) is 5.75 Å². The van der Waals surface area contributed by atoms with Crippen LogP contribution < -0.4 is 9.46 Å². The summed E-state index contributed by atoms with van der Waals surface area (Å²) in [5.41, 5.74) is 1.75. The highest BCUT2D eigenvalue weighted by Gasteiger charge is 2.10. The van der Waals surface area contributed by atoms with Crippen LogP contribution in [-0.4, -0.2) is 20.1 Å². The van der Waals surface area contributed by atoms with Gasteiger partial charge in [0.2, 0.25) is 10.0 Å². The van der Waals surface area contributed by atoms with Crippen molar-refractivity contribution in [2.45, 2.75) is 6.92 Å². The number of carbonyl (C=O) groups excluding carboxylic acids is 1. The number of hydrogen-bond acceptors (Lipinski definition) is 4. The van der Waals surface area contributed by atoms with Crippen molar-refractivity contribution >= 4 is 27.8 Å². The number of ether oxygens (including phenoxy) is 1. The van der Waals surface area contributed by atoms with Gasteiger partial charge in [0.25, 0.3) is 0 Å². The topological polar surface area (TPSA) is 72.5 Å². The third kappa shape index (κ3) is 4.69. The van der Waals surface area contributed by atoms with E-state index in [2.05, 4.69) is 11.3 Å². The highest BCUT2D eigenvalue weighted by molar-refractivity contribution is 7.92. The van der Waals surface area contributed by atoms with E-state index in [0.29, 0.717) is 17.0 Å². The highest BCUT2D eigenvalue weighted by atomic mass is 32.2. The van der Waals surface area contributed by atoms with Crippen LogP contribution in [0.4, 0.5) is 5.69 Å². The van der Waals surface area contributed by atoms with Gasteiger partial charge in [0.15, 0.2) is 0 Å². The number of rotatable bonds is 6. The van der Waals surface area contributed by atoms with Crippen LogP contribution in [0, 0.1) is 0 Å². The Bertz CT molecular complexity index is 793. The molecule has 0 radical (unpaired) electrons. The lowest BCUT2D eigenvalue weighted by Crippen LogP contribution is -2.14. The number of esters is 1. The second-order valence-corrected chi connectivity index (χ2v) is 6.76. The first-order valence-electron chi connectivity index (χ1n) is 6.99. The summed E-state index contributed by atoms with van der Waals surface area (Å²) in [4.78, 5) is 12.0. The fourth-order valence-electron chi connectivity index (χ4n) is 1.76. The first kappa shape index (κ1) is 16.8. The minimum absolute atomic E-state index is 0.00948. The third-order valence-electron chi connectivity index (χ3n) is 3.10. The number of benzene rings is 2. The molecule has 0 amide bonds. The molecule has 0 unspecified atom stereocenters. The van der Waals surface area contributed by atoms with Gasteiger partial charge in [-0.15, -0.1) is 0 Å². The first-order valence-corrected chi connectivity index (χ1v) is 8.64. The van der Waals surface area contributed by atoms with E-state index in [4.69, 9.17) is 4.74 Å². The summed E-state index contributed by atoms with van der Waals surface area (Å²) < 4.78 is 30.6. The van der Waals surface area contributed by atoms with Crippen molar-refractivity contribution < 1.29 is 17.9 Å². The zero-order valence-electron chi connectivity index (χ0n) is 12.7. The van der Waals surface area contributed by atoms with Crippen LogP contribution in [0.2, 0.25) is 0 Å². The van der Waals surface area contributed by atoms with Gasteiger partial charge >= 0.3 is 5.97 Å². The van der Waals surface area contributed by atoms with Gasteiger partial charge in [-0.2, -0.15) is 0 Å². The Morgan fingerprint density at radius 2 is 1.74 bits per heavy atom. The monoisotopic (exact) mass is 331 g/mol. The minimum atomic E-state index is -3.32. The van der Waals surface area contributed by atoms with Crippen molar-refractivity contribution in [3.05, 3.63) is 66.2 Å². The van der Waals surface area contributed by atoms with E-state index in [1.807, 2.05) is 0 Å². The Morgan fingerprint density at radius 1 is 1.13 bits per heavy atom. The molecule has 0 aliphatic heterocycles. The molecule has 0 aliphatic rings. The fraction of sp³-hybridized carbons (Fsp3) is 0.118. The zero-order valence-corrected chi connectivity index (χ0v) is 13.5. The van der Waals surface area contributed by atoms with Crippen LogP contribution in [0.15, 0.2) is 55.1 Å². The molecule has 120 valence electrons. The molecular weight excluding hydrogens is 314 g/mol. The molecule has 5 nitrogen and oxygen atoms in total. The Morgan fingerprint density at radius 3 is 2.26 bits per heavy atom. The van der Waals surface area contributed by atoms with Crippen molar-refractivity contribution in [2.24, 2.45) is 0 Å². The highest BCUT2D eigenvalue weighted by Crippen LogP contribution is 2.18. The molecule has 2 rings (SSSR count). The SMILES string of the molecule is C=Cc1ccc(C(=O)Oc2ccc(NS(=O)(=O)CC)cc2)cc1. The number of sulfonamides is 1. The number of anilines is 1. The number of hydrogen-bond donors (Lipinski definition) is 1. The lowest BCUT2D eigenvalue weighted by atomic mass is 10.1. The fourth-order valence-corrected chi connectivity index (χ4v) is 2.40. The molecule has 0 bridgehead atoms. The maximum atomic E-state index is 12.0. The molecule has 1 N–H and O–H groups in total. The molecule has 2 aromatic rings. The molecule has 2 aromatic carbocycles. The van der Waals surface area contributed by atoms with Gasteiger partial charge in [-0.1, -0.05) is 24.8 Å². The molecule has 6 heteroatoms. The van der Waals surface area contributed by atoms with Crippen LogP contribution in [0.3, 0.4) is 0 Å². The van der Waals surface area contributed by atoms with Gasteiger partial charge in [-0.3, -0.25) is 4.72 Å². The van der Waals surface area contributed by atoms with Gasteiger partial charge in [-0.05, 0) is 48.9 Å². The molecular formula is C17H17NO4S. The second kappa shape index (κ2) is 7.11. The maximum Gasteiger partial charge on any atom is 0.343 e. The first-order chi connectivity index (χ1) is 10.9. The molecule has 0 atom stereocenters. The van der Waals surface area contributed by atoms with E-state index in [0.717, 1.165) is 5.56 Å². The van der Waals surface area contributed by atoms with Gasteiger partial charge < -0.3 is 4.74 Å². The predicted molar refractivity (Wildman–Crippen MR) is 91.0 cm³/mol. The van der Waals surface area contributed by atoms with E-state index in [1.165, 1.54) is 24.3 Å². The Kier molecular flexibility index (Phi) is 5.18. The Labute approximate surface area is 135 Å². The van der Waals surface area contributed by atoms with Crippen LogP contribution in [-0.2, 0) is 10.0 Å². The summed E-state index contributed by atoms with van der Waals surface area (Å²) in [5, 5.41) is 0. The standard InChI is InChI=1S/C17H17NO4S/c1-3-13-5-7-14(8-6-13)17(19)22-16-11-9-15(10-12-16)18-23(20,21)4-2/h3,5-12,18H,1,4H2,2H3. The van der Waals surface area contributed by atoms with Crippen molar-refractivity contribution in [1.82, 2.24) is 0 Å². The largest absolute Gasteiger partial charge is 0.423 e. The summed E-state index contributed by atoms with van der Waals surface area (Å²) in [6.45, 7) is 5.20. The molecule has 0 heterocycles. The normalized spacial score (nSPS) is 10.8. The van der Waals surface area contributed by atoms with Gasteiger partial charge in [-0.25, -0.2) is 13.2 Å². The van der Waals surface area contributed by atoms with Crippen LogP contribution in [0.25, 0.3) is 6.08 Å². The van der Waals surface area contributed by atoms with E-state index in [9.17, 15) is 13.2 Å². The van der Waals surface area contributed by atoms with Crippen LogP contribution in [0.1, 0.15) is 22.8 Å². The lowest BCUT2D eigenvalue weighted by molar-refractivity contribution is 0.0735. The van der Waals surface area contributed by atoms with Gasteiger partial charge in [0, 0.05) is 5.69 Å². The predicted octanol–water partition coefficient (Wildman–Crippen LogP) is 3.31. The molecule has 23 heavy (non-hydrogen) atoms. The van der Waals surface area contributed by atoms with E-state index >= 15 is 0 Å². The van der Waals surface area contributed by atoms with E-state index in [-0.39, 0.29) is 5.75 Å². The second-order valence-electron chi connectivity index (χ2n) is 4.75. The quantitative estimate of drug-likeness (QED) is 0.651. The van der Waals surface area contributed by atoms with Crippen molar-refractivity contribution in [1.29, 1.82) is 0 Å². The molecule has 0 spiro atoms. The molecule has 0 saturated carbocycles. The summed E-state index contributed by atoms with van der Waals surface area (Å²) in [7, 11) is -3.32. The van der Waals surface area contributed by atoms with E-state index in [1.54, 1.807) is 37.3 Å². The van der Waals surface area contributed by atoms with Gasteiger partial charge in [0.1, 0.15) is 5.75 Å². The summed E-state index contributed by atoms with van der Waals surface area (Å²) in [6, 6.07) is 13.0. The Balaban J connectivity index is 2.05. The smallest absolute Gasteiger partial charge is 0.343 e. The number of nitrogens with one attached hydrogen (secondary N) is 1. The maximum absolute atomic E-state index is 12.0. The molecule has 0 aromatic heterocycles. The van der Waals surface area contributed by atoms with E-state index < -0.39 is 16.0 Å². The average Bonchev–Trinajstić information content (AvgIpc) is 2.56. The third-order valence-corrected chi connectivity index (χ3v) is 4.41. The van der Waals surface area contributed by atoms with Crippen molar-refractivity contribution in [3.8, 4) is 5.75 Å².